The fraction of sp³-hybridized carbons (Fsp3) is 0.0909. The molecule has 0 saturated heterocycles. The number of aromatic nitrogens is 3. The van der Waals surface area contributed by atoms with E-state index in [4.69, 9.17) is 4.52 Å². The van der Waals surface area contributed by atoms with Crippen molar-refractivity contribution in [2.75, 3.05) is 5.32 Å². The molecule has 2 aromatic carbocycles. The smallest absolute Gasteiger partial charge is 0.260 e. The summed E-state index contributed by atoms with van der Waals surface area (Å²) >= 11 is 0. The van der Waals surface area contributed by atoms with Crippen LogP contribution >= 0.6 is 0 Å². The van der Waals surface area contributed by atoms with Crippen molar-refractivity contribution in [1.82, 2.24) is 15.1 Å². The van der Waals surface area contributed by atoms with Crippen molar-refractivity contribution in [3.8, 4) is 22.8 Å². The molecular weight excluding hydrogens is 352 g/mol. The van der Waals surface area contributed by atoms with Gasteiger partial charge in [0, 0.05) is 23.5 Å². The average molecular weight is 370 g/mol. The Bertz CT molecular complexity index is 1090. The van der Waals surface area contributed by atoms with Gasteiger partial charge in [-0.2, -0.15) is 4.98 Å². The van der Waals surface area contributed by atoms with Crippen LogP contribution in [0.25, 0.3) is 22.8 Å². The Balaban J connectivity index is 1.60. The number of carbonyl (C=O) groups excluding carboxylic acids is 1. The van der Waals surface area contributed by atoms with Crippen LogP contribution < -0.4 is 5.32 Å². The summed E-state index contributed by atoms with van der Waals surface area (Å²) in [4.78, 5) is 21.2. The molecule has 0 aliphatic rings. The number of anilines is 1. The lowest BCUT2D eigenvalue weighted by Crippen LogP contribution is -2.12. The van der Waals surface area contributed by atoms with Gasteiger partial charge in [-0.3, -0.25) is 9.78 Å². The molecule has 0 saturated carbocycles. The van der Waals surface area contributed by atoms with Gasteiger partial charge in [0.25, 0.3) is 11.8 Å². The lowest BCUT2D eigenvalue weighted by Gasteiger charge is -2.09. The number of benzene rings is 2. The van der Waals surface area contributed by atoms with Gasteiger partial charge >= 0.3 is 0 Å². The predicted octanol–water partition coefficient (Wildman–Crippen LogP) is 4.61. The van der Waals surface area contributed by atoms with Crippen molar-refractivity contribution in [2.24, 2.45) is 0 Å². The molecule has 0 aliphatic carbocycles. The van der Waals surface area contributed by atoms with Gasteiger partial charge in [0.05, 0.1) is 11.3 Å². The normalized spacial score (nSPS) is 10.6. The van der Waals surface area contributed by atoms with Gasteiger partial charge in [0.15, 0.2) is 0 Å². The second kappa shape index (κ2) is 7.84. The molecule has 0 atom stereocenters. The van der Waals surface area contributed by atoms with Crippen molar-refractivity contribution in [2.45, 2.75) is 13.3 Å². The van der Waals surface area contributed by atoms with E-state index in [1.807, 2.05) is 60.7 Å². The Hall–Kier alpha value is -3.80. The van der Waals surface area contributed by atoms with Gasteiger partial charge in [-0.25, -0.2) is 0 Å². The van der Waals surface area contributed by atoms with Gasteiger partial charge in [0.1, 0.15) is 0 Å². The minimum absolute atomic E-state index is 0.192. The fourth-order valence-corrected chi connectivity index (χ4v) is 2.81. The molecule has 0 unspecified atom stereocenters. The molecule has 28 heavy (non-hydrogen) atoms. The maximum absolute atomic E-state index is 12.6. The molecule has 1 amide bonds. The van der Waals surface area contributed by atoms with Gasteiger partial charge < -0.3 is 9.84 Å². The summed E-state index contributed by atoms with van der Waals surface area (Å²) in [6, 6.07) is 18.6. The van der Waals surface area contributed by atoms with E-state index < -0.39 is 0 Å². The number of nitrogens with one attached hydrogen (secondary N) is 1. The van der Waals surface area contributed by atoms with E-state index in [1.54, 1.807) is 12.4 Å². The van der Waals surface area contributed by atoms with Crippen molar-refractivity contribution >= 4 is 11.6 Å². The van der Waals surface area contributed by atoms with Gasteiger partial charge in [0.2, 0.25) is 5.82 Å². The largest absolute Gasteiger partial charge is 0.334 e. The van der Waals surface area contributed by atoms with Crippen molar-refractivity contribution in [3.63, 3.8) is 0 Å². The van der Waals surface area contributed by atoms with Crippen LogP contribution in [0.3, 0.4) is 0 Å². The lowest BCUT2D eigenvalue weighted by atomic mass is 10.1. The number of para-hydroxylation sites is 1. The third-order valence-electron chi connectivity index (χ3n) is 4.38. The highest BCUT2D eigenvalue weighted by molar-refractivity contribution is 6.06. The number of nitrogens with zero attached hydrogens (tertiary/aromatic N) is 3. The molecule has 2 aromatic heterocycles. The van der Waals surface area contributed by atoms with Crippen LogP contribution in [0.4, 0.5) is 5.69 Å². The third-order valence-corrected chi connectivity index (χ3v) is 4.38. The molecule has 6 nitrogen and oxygen atoms in total. The molecule has 4 rings (SSSR count). The van der Waals surface area contributed by atoms with Crippen LogP contribution in [0.1, 0.15) is 22.8 Å². The molecule has 0 spiro atoms. The number of hydrogen-bond acceptors (Lipinski definition) is 5. The van der Waals surface area contributed by atoms with Crippen molar-refractivity contribution in [1.29, 1.82) is 0 Å². The van der Waals surface area contributed by atoms with Gasteiger partial charge in [-0.05, 0) is 48.4 Å². The van der Waals surface area contributed by atoms with E-state index >= 15 is 0 Å². The van der Waals surface area contributed by atoms with Crippen molar-refractivity contribution < 1.29 is 9.32 Å². The quantitative estimate of drug-likeness (QED) is 0.555. The first-order valence-electron chi connectivity index (χ1n) is 8.98. The number of rotatable bonds is 5. The van der Waals surface area contributed by atoms with E-state index in [9.17, 15) is 4.79 Å². The predicted molar refractivity (Wildman–Crippen MR) is 107 cm³/mol. The fourth-order valence-electron chi connectivity index (χ4n) is 2.81. The van der Waals surface area contributed by atoms with Crippen LogP contribution in [0.5, 0.6) is 0 Å². The molecule has 0 aliphatic heterocycles. The topological polar surface area (TPSA) is 80.9 Å². The monoisotopic (exact) mass is 370 g/mol. The second-order valence-electron chi connectivity index (χ2n) is 6.22. The van der Waals surface area contributed by atoms with Crippen molar-refractivity contribution in [3.05, 3.63) is 84.2 Å². The Labute approximate surface area is 162 Å². The SMILES string of the molecule is CCc1ccc(C(=O)Nc2ccccc2-c2nc(-c3cccnc3)no2)cc1. The lowest BCUT2D eigenvalue weighted by molar-refractivity contribution is 0.102. The number of carbonyl (C=O) groups is 1. The molecular formula is C22H18N4O2. The van der Waals surface area contributed by atoms with Crippen LogP contribution in [0, 0.1) is 0 Å². The molecule has 0 bridgehead atoms. The van der Waals surface area contributed by atoms with E-state index in [2.05, 4.69) is 27.4 Å². The third kappa shape index (κ3) is 3.66. The summed E-state index contributed by atoms with van der Waals surface area (Å²) in [5.41, 5.74) is 3.80. The molecule has 0 radical (unpaired) electrons. The second-order valence-corrected chi connectivity index (χ2v) is 6.22. The molecule has 2 heterocycles. The van der Waals surface area contributed by atoms with E-state index in [0.717, 1.165) is 12.0 Å². The Morgan fingerprint density at radius 2 is 1.86 bits per heavy atom. The highest BCUT2D eigenvalue weighted by Gasteiger charge is 2.16. The molecule has 0 fully saturated rings. The van der Waals surface area contributed by atoms with Gasteiger partial charge in [-0.15, -0.1) is 0 Å². The van der Waals surface area contributed by atoms with Crippen LogP contribution in [-0.4, -0.2) is 21.0 Å². The summed E-state index contributed by atoms with van der Waals surface area (Å²) in [5.74, 6) is 0.581. The molecule has 6 heteroatoms. The summed E-state index contributed by atoms with van der Waals surface area (Å²) in [6.07, 6.45) is 4.28. The summed E-state index contributed by atoms with van der Waals surface area (Å²) < 4.78 is 5.42. The maximum atomic E-state index is 12.6. The zero-order valence-corrected chi connectivity index (χ0v) is 15.3. The number of amides is 1. The number of hydrogen-bond donors (Lipinski definition) is 1. The first-order valence-corrected chi connectivity index (χ1v) is 8.98. The minimum Gasteiger partial charge on any atom is -0.334 e. The Kier molecular flexibility index (Phi) is 4.93. The number of pyridine rings is 1. The van der Waals surface area contributed by atoms with E-state index in [1.165, 1.54) is 5.56 Å². The van der Waals surface area contributed by atoms with Crippen LogP contribution in [0.2, 0.25) is 0 Å². The zero-order chi connectivity index (χ0) is 19.3. The summed E-state index contributed by atoms with van der Waals surface area (Å²) in [5, 5.41) is 6.95. The maximum Gasteiger partial charge on any atom is 0.260 e. The average Bonchev–Trinajstić information content (AvgIpc) is 3.25. The zero-order valence-electron chi connectivity index (χ0n) is 15.3. The Morgan fingerprint density at radius 3 is 2.61 bits per heavy atom. The summed E-state index contributed by atoms with van der Waals surface area (Å²) in [6.45, 7) is 2.08. The van der Waals surface area contributed by atoms with Crippen LogP contribution in [-0.2, 0) is 6.42 Å². The molecule has 1 N–H and O–H groups in total. The molecule has 138 valence electrons. The van der Waals surface area contributed by atoms with Crippen LogP contribution in [0.15, 0.2) is 77.6 Å². The summed E-state index contributed by atoms with van der Waals surface area (Å²) in [7, 11) is 0. The minimum atomic E-state index is -0.192. The van der Waals surface area contributed by atoms with E-state index in [-0.39, 0.29) is 5.91 Å². The van der Waals surface area contributed by atoms with E-state index in [0.29, 0.717) is 28.5 Å². The first kappa shape index (κ1) is 17.6. The van der Waals surface area contributed by atoms with Gasteiger partial charge in [-0.1, -0.05) is 36.3 Å². The number of aryl methyl sites for hydroxylation is 1. The Morgan fingerprint density at radius 1 is 1.04 bits per heavy atom. The highest BCUT2D eigenvalue weighted by Crippen LogP contribution is 2.28. The first-order chi connectivity index (χ1) is 13.7. The standard InChI is InChI=1S/C22H18N4O2/c1-2-15-9-11-16(12-10-15)21(27)24-19-8-4-3-7-18(19)22-25-20(26-28-22)17-6-5-13-23-14-17/h3-14H,2H2,1H3,(H,24,27). The molecule has 4 aromatic rings. The highest BCUT2D eigenvalue weighted by atomic mass is 16.5.